The highest BCUT2D eigenvalue weighted by Gasteiger charge is 2.53. The Morgan fingerprint density at radius 1 is 1.17 bits per heavy atom. The molecule has 0 aromatic rings. The predicted molar refractivity (Wildman–Crippen MR) is 109 cm³/mol. The van der Waals surface area contributed by atoms with Gasteiger partial charge in [0.1, 0.15) is 0 Å². The number of nitrogens with one attached hydrogen (secondary N) is 3. The van der Waals surface area contributed by atoms with Crippen molar-refractivity contribution in [3.8, 4) is 6.07 Å². The largest absolute Gasteiger partial charge is 0.356 e. The van der Waals surface area contributed by atoms with Crippen molar-refractivity contribution >= 4 is 11.7 Å². The monoisotopic (exact) mass is 406 g/mol. The Kier molecular flexibility index (Phi) is 7.28. The van der Waals surface area contributed by atoms with Crippen LogP contribution in [0.3, 0.4) is 0 Å². The third-order valence-electron chi connectivity index (χ3n) is 7.42. The summed E-state index contributed by atoms with van der Waals surface area (Å²) in [6.07, 6.45) is 7.69. The van der Waals surface area contributed by atoms with E-state index >= 15 is 0 Å². The lowest BCUT2D eigenvalue weighted by Crippen LogP contribution is -2.61. The molecule has 1 aliphatic heterocycles. The number of unbranched alkanes of at least 4 members (excludes halogenated alkanes) is 3. The van der Waals surface area contributed by atoms with Crippen LogP contribution in [0.2, 0.25) is 0 Å². The standard InChI is InChI=1S/C22H35FN4O2/c1-2-3-4-5-12-25-20(29)21-6-9-22(10-7-21,11-8-21)27-19(23)18(28)16-13-17(14-24)26-15-16/h16-17,19,26-27H,2-13,15H2,1H3,(H,25,29)/t16-,17-,19?,21?,22?/m0/s1. The quantitative estimate of drug-likeness (QED) is 0.383. The van der Waals surface area contributed by atoms with Crippen molar-refractivity contribution < 1.29 is 14.0 Å². The summed E-state index contributed by atoms with van der Waals surface area (Å²) < 4.78 is 14.8. The maximum atomic E-state index is 14.8. The third kappa shape index (κ3) is 4.97. The Labute approximate surface area is 173 Å². The molecule has 1 amide bonds. The Morgan fingerprint density at radius 2 is 1.86 bits per heavy atom. The van der Waals surface area contributed by atoms with E-state index in [1.54, 1.807) is 0 Å². The summed E-state index contributed by atoms with van der Waals surface area (Å²) in [5.41, 5.74) is -0.682. The highest BCUT2D eigenvalue weighted by atomic mass is 19.1. The minimum atomic E-state index is -1.70. The van der Waals surface area contributed by atoms with E-state index in [1.165, 1.54) is 12.8 Å². The Hall–Kier alpha value is -1.52. The Bertz CT molecular complexity index is 623. The van der Waals surface area contributed by atoms with Gasteiger partial charge in [0.25, 0.3) is 0 Å². The second kappa shape index (κ2) is 9.53. The van der Waals surface area contributed by atoms with Gasteiger partial charge in [-0.2, -0.15) is 5.26 Å². The van der Waals surface area contributed by atoms with Crippen LogP contribution in [0.4, 0.5) is 4.39 Å². The van der Waals surface area contributed by atoms with Crippen LogP contribution in [0.15, 0.2) is 0 Å². The van der Waals surface area contributed by atoms with Gasteiger partial charge in [0.2, 0.25) is 12.2 Å². The molecule has 162 valence electrons. The fraction of sp³-hybridized carbons (Fsp3) is 0.864. The first-order valence-electron chi connectivity index (χ1n) is 11.3. The summed E-state index contributed by atoms with van der Waals surface area (Å²) in [6, 6.07) is 1.73. The van der Waals surface area contributed by atoms with Crippen LogP contribution < -0.4 is 16.0 Å². The molecule has 1 unspecified atom stereocenters. The number of alkyl halides is 1. The topological polar surface area (TPSA) is 94.0 Å². The maximum Gasteiger partial charge on any atom is 0.226 e. The van der Waals surface area contributed by atoms with E-state index in [4.69, 9.17) is 5.26 Å². The smallest absolute Gasteiger partial charge is 0.226 e. The third-order valence-corrected chi connectivity index (χ3v) is 7.42. The van der Waals surface area contributed by atoms with E-state index < -0.39 is 18.0 Å². The molecule has 0 aromatic heterocycles. The van der Waals surface area contributed by atoms with Crippen molar-refractivity contribution in [3.05, 3.63) is 0 Å². The number of halogens is 1. The Morgan fingerprint density at radius 3 is 2.45 bits per heavy atom. The van der Waals surface area contributed by atoms with Gasteiger partial charge in [-0.15, -0.1) is 0 Å². The average molecular weight is 407 g/mol. The molecule has 29 heavy (non-hydrogen) atoms. The van der Waals surface area contributed by atoms with E-state index in [9.17, 15) is 14.0 Å². The molecule has 0 radical (unpaired) electrons. The van der Waals surface area contributed by atoms with Crippen LogP contribution in [-0.4, -0.2) is 42.7 Å². The van der Waals surface area contributed by atoms with Gasteiger partial charge >= 0.3 is 0 Å². The Balaban J connectivity index is 1.47. The first-order chi connectivity index (χ1) is 13.9. The average Bonchev–Trinajstić information content (AvgIpc) is 3.23. The van der Waals surface area contributed by atoms with Gasteiger partial charge in [0, 0.05) is 30.0 Å². The summed E-state index contributed by atoms with van der Waals surface area (Å²) in [7, 11) is 0. The molecule has 0 aromatic carbocycles. The van der Waals surface area contributed by atoms with E-state index in [-0.39, 0.29) is 22.9 Å². The number of ketones is 1. The number of nitrogens with zero attached hydrogens (tertiary/aromatic N) is 1. The molecular formula is C22H35FN4O2. The SMILES string of the molecule is CCCCCCNC(=O)C12CCC(NC(F)C(=O)[C@@H]3CN[C@H](C#N)C3)(CC1)CC2. The molecule has 3 N–H and O–H groups in total. The molecule has 4 fully saturated rings. The first-order valence-corrected chi connectivity index (χ1v) is 11.3. The van der Waals surface area contributed by atoms with Crippen molar-refractivity contribution in [2.24, 2.45) is 11.3 Å². The number of carbonyl (C=O) groups is 2. The second-order valence-corrected chi connectivity index (χ2v) is 9.31. The minimum absolute atomic E-state index is 0.162. The lowest BCUT2D eigenvalue weighted by Gasteiger charge is -2.53. The van der Waals surface area contributed by atoms with Gasteiger partial charge in [-0.25, -0.2) is 4.39 Å². The summed E-state index contributed by atoms with van der Waals surface area (Å²) in [5, 5.41) is 18.0. The van der Waals surface area contributed by atoms with E-state index in [0.29, 0.717) is 13.0 Å². The normalized spacial score (nSPS) is 34.5. The lowest BCUT2D eigenvalue weighted by molar-refractivity contribution is -0.140. The highest BCUT2D eigenvalue weighted by Crippen LogP contribution is 2.52. The van der Waals surface area contributed by atoms with Crippen LogP contribution in [-0.2, 0) is 9.59 Å². The van der Waals surface area contributed by atoms with Crippen LogP contribution in [0, 0.1) is 22.7 Å². The van der Waals surface area contributed by atoms with Crippen molar-refractivity contribution in [2.75, 3.05) is 13.1 Å². The number of amides is 1. The number of fused-ring (bicyclic) bond motifs is 3. The molecule has 7 heteroatoms. The molecule has 1 heterocycles. The van der Waals surface area contributed by atoms with Crippen LogP contribution >= 0.6 is 0 Å². The molecule has 3 aliphatic carbocycles. The summed E-state index contributed by atoms with van der Waals surface area (Å²) in [6.45, 7) is 3.28. The van der Waals surface area contributed by atoms with Crippen LogP contribution in [0.25, 0.3) is 0 Å². The van der Waals surface area contributed by atoms with Gasteiger partial charge in [0.15, 0.2) is 5.78 Å². The molecule has 3 atom stereocenters. The van der Waals surface area contributed by atoms with Crippen LogP contribution in [0.5, 0.6) is 0 Å². The number of Topliss-reactive ketones (excluding diaryl/α,β-unsaturated/α-hetero) is 1. The molecule has 0 spiro atoms. The molecule has 4 rings (SSSR count). The minimum Gasteiger partial charge on any atom is -0.356 e. The van der Waals surface area contributed by atoms with E-state index in [1.807, 2.05) is 0 Å². The molecule has 1 saturated heterocycles. The maximum absolute atomic E-state index is 14.8. The van der Waals surface area contributed by atoms with Gasteiger partial charge < -0.3 is 10.6 Å². The fourth-order valence-corrected chi connectivity index (χ4v) is 5.28. The highest BCUT2D eigenvalue weighted by molar-refractivity contribution is 5.86. The number of hydrogen-bond acceptors (Lipinski definition) is 5. The zero-order valence-electron chi connectivity index (χ0n) is 17.6. The van der Waals surface area contributed by atoms with Gasteiger partial charge in [-0.1, -0.05) is 26.2 Å². The molecule has 6 nitrogen and oxygen atoms in total. The summed E-state index contributed by atoms with van der Waals surface area (Å²) in [4.78, 5) is 25.2. The first kappa shape index (κ1) is 22.2. The lowest BCUT2D eigenvalue weighted by atomic mass is 9.56. The number of rotatable bonds is 10. The molecule has 2 bridgehead atoms. The van der Waals surface area contributed by atoms with Crippen molar-refractivity contribution in [1.29, 1.82) is 5.26 Å². The van der Waals surface area contributed by atoms with Crippen LogP contribution in [0.1, 0.15) is 77.6 Å². The summed E-state index contributed by atoms with van der Waals surface area (Å²) in [5.74, 6) is -0.727. The van der Waals surface area contributed by atoms with Crippen molar-refractivity contribution in [2.45, 2.75) is 95.4 Å². The zero-order chi connectivity index (χ0) is 20.9. The number of hydrogen-bond donors (Lipinski definition) is 3. The van der Waals surface area contributed by atoms with Gasteiger partial charge in [-0.05, 0) is 51.4 Å². The summed E-state index contributed by atoms with van der Waals surface area (Å²) >= 11 is 0. The predicted octanol–water partition coefficient (Wildman–Crippen LogP) is 2.73. The van der Waals surface area contributed by atoms with E-state index in [0.717, 1.165) is 57.9 Å². The fourth-order valence-electron chi connectivity index (χ4n) is 5.28. The van der Waals surface area contributed by atoms with Crippen molar-refractivity contribution in [1.82, 2.24) is 16.0 Å². The van der Waals surface area contributed by atoms with E-state index in [2.05, 4.69) is 28.9 Å². The number of nitriles is 1. The second-order valence-electron chi connectivity index (χ2n) is 9.31. The molecule has 3 saturated carbocycles. The molecular weight excluding hydrogens is 371 g/mol. The van der Waals surface area contributed by atoms with Gasteiger partial charge in [-0.3, -0.25) is 14.9 Å². The molecule has 4 aliphatic rings. The van der Waals surface area contributed by atoms with Gasteiger partial charge in [0.05, 0.1) is 12.1 Å². The zero-order valence-corrected chi connectivity index (χ0v) is 17.6. The van der Waals surface area contributed by atoms with Crippen molar-refractivity contribution in [3.63, 3.8) is 0 Å². The number of carbonyl (C=O) groups excluding carboxylic acids is 2.